The quantitative estimate of drug-likeness (QED) is 0.231. The first-order valence-corrected chi connectivity index (χ1v) is 15.9. The Labute approximate surface area is 254 Å². The van der Waals surface area contributed by atoms with Crippen LogP contribution in [0.1, 0.15) is 129 Å². The summed E-state index contributed by atoms with van der Waals surface area (Å²) in [5, 5.41) is 20.4. The minimum Gasteiger partial charge on any atom is -0.400 e. The number of aliphatic imine (C=N–C) groups is 1. The van der Waals surface area contributed by atoms with Crippen molar-refractivity contribution in [3.63, 3.8) is 0 Å². The molecule has 3 N–H and O–H groups in total. The average Bonchev–Trinajstić information content (AvgIpc) is 2.92. The summed E-state index contributed by atoms with van der Waals surface area (Å²) >= 11 is 0. The van der Waals surface area contributed by atoms with Gasteiger partial charge in [0.25, 0.3) is 0 Å². The van der Waals surface area contributed by atoms with E-state index in [4.69, 9.17) is 5.11 Å². The minimum absolute atomic E-state index is 0.0106. The molecule has 0 radical (unpaired) electrons. The van der Waals surface area contributed by atoms with Crippen molar-refractivity contribution in [1.29, 1.82) is 0 Å². The van der Waals surface area contributed by atoms with Crippen LogP contribution in [0, 0.1) is 35.0 Å². The van der Waals surface area contributed by atoms with E-state index in [1.807, 2.05) is 52.8 Å². The van der Waals surface area contributed by atoms with E-state index >= 15 is 0 Å². The van der Waals surface area contributed by atoms with Crippen molar-refractivity contribution in [2.45, 2.75) is 135 Å². The number of aliphatic hydroxyl groups is 2. The van der Waals surface area contributed by atoms with E-state index in [9.17, 15) is 14.7 Å². The van der Waals surface area contributed by atoms with Gasteiger partial charge >= 0.3 is 0 Å². The second-order valence-corrected chi connectivity index (χ2v) is 12.4. The van der Waals surface area contributed by atoms with Crippen LogP contribution in [0.4, 0.5) is 0 Å². The summed E-state index contributed by atoms with van der Waals surface area (Å²) in [6, 6.07) is 0. The molecule has 41 heavy (non-hydrogen) atoms. The standard InChI is InChI=1S/C21H39NO3.C11H19N.C2H6.CH4O/c1-14-8-7-9-15(2)11-17(4)20(25)21(5,6)18(23)12-19(24)22-13-16(3)10-14;1-6-8-11(7-2)12-10(5)9(3)4;2*1-2/h14-18,23H,7-13H2,1-6H3,(H,22,24);6-9H,1-5H3;1-2H3;2H,1H3/b;8-6-,11-7-,12-10?;;/t14?,15?,16-,17?,18?;;;/m0.../s1. The number of hydrogen-bond donors (Lipinski definition) is 3. The number of rotatable bonds is 3. The predicted octanol–water partition coefficient (Wildman–Crippen LogP) is 8.18. The average molecular weight is 581 g/mol. The number of carbonyl (C=O) groups excluding carboxylic acids is 2. The van der Waals surface area contributed by atoms with Crippen LogP contribution in [0.2, 0.25) is 0 Å². The molecule has 0 aromatic rings. The summed E-state index contributed by atoms with van der Waals surface area (Å²) in [7, 11) is 1.00. The minimum atomic E-state index is -0.945. The van der Waals surface area contributed by atoms with Crippen molar-refractivity contribution in [1.82, 2.24) is 5.32 Å². The molecule has 1 amide bonds. The highest BCUT2D eigenvalue weighted by atomic mass is 16.3. The van der Waals surface area contributed by atoms with Gasteiger partial charge in [0.1, 0.15) is 5.78 Å². The van der Waals surface area contributed by atoms with Gasteiger partial charge in [-0.2, -0.15) is 0 Å². The maximum atomic E-state index is 12.8. The van der Waals surface area contributed by atoms with E-state index < -0.39 is 11.5 Å². The Hall–Kier alpha value is -1.79. The van der Waals surface area contributed by atoms with E-state index in [1.54, 1.807) is 13.8 Å². The fourth-order valence-corrected chi connectivity index (χ4v) is 4.82. The smallest absolute Gasteiger partial charge is 0.222 e. The van der Waals surface area contributed by atoms with Crippen LogP contribution in [-0.2, 0) is 9.59 Å². The van der Waals surface area contributed by atoms with Crippen LogP contribution >= 0.6 is 0 Å². The maximum Gasteiger partial charge on any atom is 0.222 e. The second kappa shape index (κ2) is 24.8. The maximum absolute atomic E-state index is 12.8. The number of Topliss-reactive ketones (excluding diaryl/α,β-unsaturated/α-hetero) is 1. The molecule has 0 aliphatic carbocycles. The van der Waals surface area contributed by atoms with Crippen LogP contribution in [0.25, 0.3) is 0 Å². The first kappa shape index (κ1) is 43.7. The largest absolute Gasteiger partial charge is 0.400 e. The number of amides is 1. The lowest BCUT2D eigenvalue weighted by atomic mass is 9.74. The molecule has 1 aliphatic heterocycles. The van der Waals surface area contributed by atoms with Crippen molar-refractivity contribution < 1.29 is 19.8 Å². The molecule has 1 rings (SSSR count). The highest BCUT2D eigenvalue weighted by molar-refractivity contribution is 5.87. The third-order valence-corrected chi connectivity index (χ3v) is 7.67. The first-order chi connectivity index (χ1) is 19.1. The first-order valence-electron chi connectivity index (χ1n) is 15.9. The molecule has 0 saturated carbocycles. The Kier molecular flexibility index (Phi) is 26.4. The Morgan fingerprint density at radius 2 is 1.49 bits per heavy atom. The highest BCUT2D eigenvalue weighted by Gasteiger charge is 2.39. The Morgan fingerprint density at radius 1 is 0.976 bits per heavy atom. The molecular weight excluding hydrogens is 512 g/mol. The summed E-state index contributed by atoms with van der Waals surface area (Å²) in [6.45, 7) is 27.2. The topological polar surface area (TPSA) is 99.0 Å². The van der Waals surface area contributed by atoms with Gasteiger partial charge in [0.15, 0.2) is 0 Å². The van der Waals surface area contributed by atoms with Gasteiger partial charge < -0.3 is 15.5 Å². The normalized spacial score (nSPS) is 27.0. The van der Waals surface area contributed by atoms with Crippen molar-refractivity contribution in [2.75, 3.05) is 13.7 Å². The summed E-state index contributed by atoms with van der Waals surface area (Å²) in [4.78, 5) is 29.5. The van der Waals surface area contributed by atoms with Crippen molar-refractivity contribution in [3.8, 4) is 0 Å². The lowest BCUT2D eigenvalue weighted by molar-refractivity contribution is -0.139. The van der Waals surface area contributed by atoms with Crippen LogP contribution in [0.3, 0.4) is 0 Å². The van der Waals surface area contributed by atoms with Crippen molar-refractivity contribution in [3.05, 3.63) is 23.9 Å². The van der Waals surface area contributed by atoms with Crippen molar-refractivity contribution >= 4 is 17.4 Å². The third-order valence-electron chi connectivity index (χ3n) is 7.67. The molecule has 0 spiro atoms. The van der Waals surface area contributed by atoms with Crippen LogP contribution in [0.5, 0.6) is 0 Å². The zero-order chi connectivity index (χ0) is 32.8. The van der Waals surface area contributed by atoms with Gasteiger partial charge in [-0.25, -0.2) is 0 Å². The van der Waals surface area contributed by atoms with Gasteiger partial charge in [-0.1, -0.05) is 101 Å². The number of carbonyl (C=O) groups is 2. The second-order valence-electron chi connectivity index (χ2n) is 12.4. The molecule has 6 heteroatoms. The Balaban J connectivity index is -0.000000757. The number of nitrogens with zero attached hydrogens (tertiary/aromatic N) is 1. The third kappa shape index (κ3) is 19.9. The number of hydrogen-bond acceptors (Lipinski definition) is 5. The van der Waals surface area contributed by atoms with Crippen molar-refractivity contribution in [2.24, 2.45) is 40.0 Å². The van der Waals surface area contributed by atoms with Gasteiger partial charge in [0, 0.05) is 25.3 Å². The lowest BCUT2D eigenvalue weighted by Crippen LogP contribution is -2.43. The molecule has 1 saturated heterocycles. The molecule has 0 aromatic carbocycles. The van der Waals surface area contributed by atoms with E-state index in [-0.39, 0.29) is 24.0 Å². The van der Waals surface area contributed by atoms with E-state index in [1.165, 1.54) is 18.6 Å². The zero-order valence-electron chi connectivity index (χ0n) is 29.3. The molecule has 1 heterocycles. The summed E-state index contributed by atoms with van der Waals surface area (Å²) in [5.41, 5.74) is 1.33. The number of ketones is 1. The highest BCUT2D eigenvalue weighted by Crippen LogP contribution is 2.31. The molecule has 0 aromatic heterocycles. The fourth-order valence-electron chi connectivity index (χ4n) is 4.82. The van der Waals surface area contributed by atoms with E-state index in [0.717, 1.165) is 32.1 Å². The SMILES string of the molecule is C/C=C\C(=C\C)N=C(C)C(C)C.CC.CC1CCCC(C)C[C@H](C)CNC(=O)CC(O)C(C)(C)C(=O)C(C)C1.CO. The lowest BCUT2D eigenvalue weighted by Gasteiger charge is -2.32. The van der Waals surface area contributed by atoms with Gasteiger partial charge in [0.2, 0.25) is 5.91 Å². The molecule has 1 aliphatic rings. The Bertz CT molecular complexity index is 783. The predicted molar refractivity (Wildman–Crippen MR) is 178 cm³/mol. The number of nitrogens with one attached hydrogen (secondary N) is 1. The van der Waals surface area contributed by atoms with Crippen LogP contribution in [-0.4, -0.2) is 47.4 Å². The fraction of sp³-hybridized carbons (Fsp3) is 0.800. The van der Waals surface area contributed by atoms with Gasteiger partial charge in [-0.15, -0.1) is 0 Å². The monoisotopic (exact) mass is 581 g/mol. The molecule has 1 fully saturated rings. The molecule has 242 valence electrons. The van der Waals surface area contributed by atoms with Gasteiger partial charge in [0.05, 0.1) is 23.6 Å². The van der Waals surface area contributed by atoms with E-state index in [0.29, 0.717) is 30.2 Å². The molecule has 0 bridgehead atoms. The molecule has 4 unspecified atom stereocenters. The zero-order valence-corrected chi connectivity index (χ0v) is 29.3. The van der Waals surface area contributed by atoms with E-state index in [2.05, 4.69) is 51.9 Å². The summed E-state index contributed by atoms with van der Waals surface area (Å²) in [6.07, 6.45) is 10.6. The molecule has 6 nitrogen and oxygen atoms in total. The van der Waals surface area contributed by atoms with Crippen LogP contribution in [0.15, 0.2) is 28.9 Å². The van der Waals surface area contributed by atoms with Crippen LogP contribution < -0.4 is 5.32 Å². The molecule has 5 atom stereocenters. The number of aliphatic hydroxyl groups excluding tert-OH is 2. The Morgan fingerprint density at radius 3 is 1.95 bits per heavy atom. The van der Waals surface area contributed by atoms with Gasteiger partial charge in [-0.05, 0) is 63.4 Å². The number of allylic oxidation sites excluding steroid dienone is 3. The molecular formula is C35H68N2O4. The van der Waals surface area contributed by atoms with Gasteiger partial charge in [-0.3, -0.25) is 14.6 Å². The summed E-state index contributed by atoms with van der Waals surface area (Å²) < 4.78 is 0. The summed E-state index contributed by atoms with van der Waals surface area (Å²) in [5.74, 6) is 1.92.